The van der Waals surface area contributed by atoms with Crippen molar-refractivity contribution in [2.24, 2.45) is 0 Å². The minimum absolute atomic E-state index is 0.307. The summed E-state index contributed by atoms with van der Waals surface area (Å²) in [6.07, 6.45) is 0. The lowest BCUT2D eigenvalue weighted by molar-refractivity contribution is 0.362. The van der Waals surface area contributed by atoms with Crippen LogP contribution in [0.3, 0.4) is 0 Å². The predicted molar refractivity (Wildman–Crippen MR) is 41.1 cm³/mol. The zero-order valence-electron chi connectivity index (χ0n) is 6.03. The summed E-state index contributed by atoms with van der Waals surface area (Å²) in [7, 11) is 0. The maximum Gasteiger partial charge on any atom is 0.229 e. The first kappa shape index (κ1) is 7.60. The Bertz CT molecular complexity index is 209. The second kappa shape index (κ2) is 3.05. The van der Waals surface area contributed by atoms with Crippen LogP contribution in [0.15, 0.2) is 4.52 Å². The van der Waals surface area contributed by atoms with Crippen LogP contribution in [-0.4, -0.2) is 10.1 Å². The van der Waals surface area contributed by atoms with Gasteiger partial charge in [0, 0.05) is 5.92 Å². The Morgan fingerprint density at radius 3 is 2.60 bits per heavy atom. The largest absolute Gasteiger partial charge is 0.339 e. The summed E-state index contributed by atoms with van der Waals surface area (Å²) in [4.78, 5) is 4.07. The molecule has 0 saturated heterocycles. The van der Waals surface area contributed by atoms with Gasteiger partial charge >= 0.3 is 0 Å². The van der Waals surface area contributed by atoms with E-state index in [1.165, 1.54) is 0 Å². The van der Waals surface area contributed by atoms with Gasteiger partial charge in [0.2, 0.25) is 5.89 Å². The molecular formula is C6H10N2OS. The van der Waals surface area contributed by atoms with E-state index >= 15 is 0 Å². The average Bonchev–Trinajstić information content (AvgIpc) is 2.34. The van der Waals surface area contributed by atoms with Crippen molar-refractivity contribution >= 4 is 12.6 Å². The van der Waals surface area contributed by atoms with Gasteiger partial charge in [-0.1, -0.05) is 19.0 Å². The van der Waals surface area contributed by atoms with E-state index < -0.39 is 0 Å². The fourth-order valence-electron chi connectivity index (χ4n) is 0.566. The van der Waals surface area contributed by atoms with E-state index in [2.05, 4.69) is 22.8 Å². The van der Waals surface area contributed by atoms with Gasteiger partial charge < -0.3 is 4.52 Å². The third kappa shape index (κ3) is 1.50. The molecule has 0 radical (unpaired) electrons. The van der Waals surface area contributed by atoms with Crippen LogP contribution in [0.4, 0.5) is 0 Å². The third-order valence-electron chi connectivity index (χ3n) is 1.12. The van der Waals surface area contributed by atoms with E-state index in [-0.39, 0.29) is 0 Å². The maximum atomic E-state index is 4.91. The van der Waals surface area contributed by atoms with Crippen LogP contribution in [0.5, 0.6) is 0 Å². The average molecular weight is 158 g/mol. The Labute approximate surface area is 65.2 Å². The van der Waals surface area contributed by atoms with Crippen molar-refractivity contribution in [3.05, 3.63) is 11.7 Å². The fraction of sp³-hybridized carbons (Fsp3) is 0.667. The van der Waals surface area contributed by atoms with Crippen LogP contribution in [0.2, 0.25) is 0 Å². The Morgan fingerprint density at radius 2 is 2.30 bits per heavy atom. The summed E-state index contributed by atoms with van der Waals surface area (Å²) in [6, 6.07) is 0. The highest BCUT2D eigenvalue weighted by molar-refractivity contribution is 7.79. The van der Waals surface area contributed by atoms with Gasteiger partial charge in [0.15, 0.2) is 5.82 Å². The van der Waals surface area contributed by atoms with Crippen LogP contribution in [0, 0.1) is 0 Å². The molecular weight excluding hydrogens is 148 g/mol. The van der Waals surface area contributed by atoms with Crippen molar-refractivity contribution < 1.29 is 4.52 Å². The lowest BCUT2D eigenvalue weighted by atomic mass is 10.2. The second-order valence-electron chi connectivity index (χ2n) is 2.36. The van der Waals surface area contributed by atoms with Gasteiger partial charge in [0.1, 0.15) is 0 Å². The summed E-state index contributed by atoms with van der Waals surface area (Å²) in [5, 5.41) is 3.69. The quantitative estimate of drug-likeness (QED) is 0.665. The topological polar surface area (TPSA) is 38.9 Å². The van der Waals surface area contributed by atoms with Crippen molar-refractivity contribution in [1.82, 2.24) is 10.1 Å². The molecule has 4 heteroatoms. The molecule has 0 aliphatic heterocycles. The van der Waals surface area contributed by atoms with E-state index in [1.54, 1.807) is 0 Å². The van der Waals surface area contributed by atoms with Crippen molar-refractivity contribution in [3.8, 4) is 0 Å². The number of aromatic nitrogens is 2. The van der Waals surface area contributed by atoms with Crippen molar-refractivity contribution in [1.29, 1.82) is 0 Å². The molecule has 0 spiro atoms. The number of nitrogens with zero attached hydrogens (tertiary/aromatic N) is 2. The van der Waals surface area contributed by atoms with Crippen LogP contribution >= 0.6 is 12.6 Å². The first-order valence-electron chi connectivity index (χ1n) is 3.17. The SMILES string of the molecule is CC(C)c1nc(CS)no1. The van der Waals surface area contributed by atoms with E-state index in [0.717, 1.165) is 0 Å². The van der Waals surface area contributed by atoms with E-state index in [9.17, 15) is 0 Å². The smallest absolute Gasteiger partial charge is 0.229 e. The molecule has 0 fully saturated rings. The molecule has 1 rings (SSSR count). The molecule has 1 heterocycles. The lowest BCUT2D eigenvalue weighted by Crippen LogP contribution is -1.87. The van der Waals surface area contributed by atoms with Gasteiger partial charge in [-0.2, -0.15) is 17.6 Å². The van der Waals surface area contributed by atoms with Crippen molar-refractivity contribution in [3.63, 3.8) is 0 Å². The summed E-state index contributed by atoms with van der Waals surface area (Å²) >= 11 is 4.01. The molecule has 0 atom stereocenters. The molecule has 0 aliphatic rings. The summed E-state index contributed by atoms with van der Waals surface area (Å²) in [5.74, 6) is 2.19. The van der Waals surface area contributed by atoms with Crippen LogP contribution in [0.25, 0.3) is 0 Å². The third-order valence-corrected chi connectivity index (χ3v) is 1.40. The van der Waals surface area contributed by atoms with Crippen LogP contribution < -0.4 is 0 Å². The number of rotatable bonds is 2. The minimum Gasteiger partial charge on any atom is -0.339 e. The number of hydrogen-bond donors (Lipinski definition) is 1. The minimum atomic E-state index is 0.307. The van der Waals surface area contributed by atoms with E-state index in [4.69, 9.17) is 4.52 Å². The van der Waals surface area contributed by atoms with Gasteiger partial charge in [-0.3, -0.25) is 0 Å². The van der Waals surface area contributed by atoms with E-state index in [0.29, 0.717) is 23.4 Å². The molecule has 0 aliphatic carbocycles. The molecule has 0 bridgehead atoms. The Balaban J connectivity index is 2.78. The van der Waals surface area contributed by atoms with Crippen LogP contribution in [0.1, 0.15) is 31.5 Å². The standard InChI is InChI=1S/C6H10N2OS/c1-4(2)6-7-5(3-10)8-9-6/h4,10H,3H2,1-2H3. The predicted octanol–water partition coefficient (Wildman–Crippen LogP) is 1.62. The zero-order valence-corrected chi connectivity index (χ0v) is 6.93. The number of hydrogen-bond acceptors (Lipinski definition) is 4. The van der Waals surface area contributed by atoms with Crippen molar-refractivity contribution in [2.45, 2.75) is 25.5 Å². The molecule has 0 aromatic carbocycles. The van der Waals surface area contributed by atoms with Crippen molar-refractivity contribution in [2.75, 3.05) is 0 Å². The highest BCUT2D eigenvalue weighted by Crippen LogP contribution is 2.11. The molecule has 1 aromatic rings. The molecule has 0 saturated carbocycles. The molecule has 0 amide bonds. The van der Waals surface area contributed by atoms with Gasteiger partial charge in [-0.05, 0) is 0 Å². The Morgan fingerprint density at radius 1 is 1.60 bits per heavy atom. The van der Waals surface area contributed by atoms with Gasteiger partial charge in [0.25, 0.3) is 0 Å². The lowest BCUT2D eigenvalue weighted by Gasteiger charge is -1.91. The second-order valence-corrected chi connectivity index (χ2v) is 2.68. The fourth-order valence-corrected chi connectivity index (χ4v) is 0.695. The van der Waals surface area contributed by atoms with Gasteiger partial charge in [-0.25, -0.2) is 0 Å². The summed E-state index contributed by atoms with van der Waals surface area (Å²) < 4.78 is 4.91. The van der Waals surface area contributed by atoms with Gasteiger partial charge in [0.05, 0.1) is 5.75 Å². The molecule has 0 N–H and O–H groups in total. The zero-order chi connectivity index (χ0) is 7.56. The normalized spacial score (nSPS) is 10.8. The summed E-state index contributed by atoms with van der Waals surface area (Å²) in [6.45, 7) is 4.02. The Kier molecular flexibility index (Phi) is 2.32. The van der Waals surface area contributed by atoms with Crippen LogP contribution in [-0.2, 0) is 5.75 Å². The first-order chi connectivity index (χ1) is 4.74. The molecule has 1 aromatic heterocycles. The summed E-state index contributed by atoms with van der Waals surface area (Å²) in [5.41, 5.74) is 0. The molecule has 10 heavy (non-hydrogen) atoms. The molecule has 3 nitrogen and oxygen atoms in total. The Hall–Kier alpha value is -0.510. The monoisotopic (exact) mass is 158 g/mol. The maximum absolute atomic E-state index is 4.91. The van der Waals surface area contributed by atoms with E-state index in [1.807, 2.05) is 13.8 Å². The highest BCUT2D eigenvalue weighted by atomic mass is 32.1. The van der Waals surface area contributed by atoms with Gasteiger partial charge in [-0.15, -0.1) is 0 Å². The molecule has 0 unspecified atom stereocenters. The first-order valence-corrected chi connectivity index (χ1v) is 3.80. The number of thiol groups is 1. The highest BCUT2D eigenvalue weighted by Gasteiger charge is 2.07. The molecule has 56 valence electrons.